The van der Waals surface area contributed by atoms with Gasteiger partial charge in [-0.1, -0.05) is 36.4 Å². The van der Waals surface area contributed by atoms with Crippen molar-refractivity contribution in [2.24, 2.45) is 0 Å². The Labute approximate surface area is 174 Å². The first-order valence-corrected chi connectivity index (χ1v) is 10.7. The molecule has 0 saturated heterocycles. The molecular formula is C22H20N2O5S. The van der Waals surface area contributed by atoms with Crippen LogP contribution in [0.15, 0.2) is 77.7 Å². The van der Waals surface area contributed by atoms with Gasteiger partial charge in [0.15, 0.2) is 11.5 Å². The number of carbonyl (C=O) groups is 1. The quantitative estimate of drug-likeness (QED) is 0.657. The van der Waals surface area contributed by atoms with E-state index in [4.69, 9.17) is 9.47 Å². The molecule has 154 valence electrons. The van der Waals surface area contributed by atoms with Crippen LogP contribution >= 0.6 is 0 Å². The van der Waals surface area contributed by atoms with Crippen LogP contribution in [-0.2, 0) is 16.6 Å². The van der Waals surface area contributed by atoms with Gasteiger partial charge in [0.2, 0.25) is 6.79 Å². The van der Waals surface area contributed by atoms with Gasteiger partial charge in [-0.05, 0) is 42.0 Å². The van der Waals surface area contributed by atoms with Crippen molar-refractivity contribution in [3.63, 3.8) is 0 Å². The van der Waals surface area contributed by atoms with Crippen LogP contribution in [0, 0.1) is 0 Å². The standard InChI is InChI=1S/C22H20N2O5S/c1-24(30(26,27)17-7-3-2-4-8-17)19-10-6-5-9-18(19)22(25)23-14-16-11-12-20-21(13-16)29-15-28-20/h2-13H,14-15H2,1H3,(H,23,25). The van der Waals surface area contributed by atoms with Gasteiger partial charge in [-0.2, -0.15) is 0 Å². The summed E-state index contributed by atoms with van der Waals surface area (Å²) >= 11 is 0. The fourth-order valence-electron chi connectivity index (χ4n) is 3.15. The molecule has 0 atom stereocenters. The molecule has 1 amide bonds. The minimum absolute atomic E-state index is 0.156. The lowest BCUT2D eigenvalue weighted by Crippen LogP contribution is -2.30. The van der Waals surface area contributed by atoms with Crippen molar-refractivity contribution in [2.75, 3.05) is 18.1 Å². The Morgan fingerprint density at radius 2 is 1.67 bits per heavy atom. The fraction of sp³-hybridized carbons (Fsp3) is 0.136. The van der Waals surface area contributed by atoms with Crippen molar-refractivity contribution in [1.82, 2.24) is 5.32 Å². The highest BCUT2D eigenvalue weighted by Crippen LogP contribution is 2.32. The van der Waals surface area contributed by atoms with E-state index < -0.39 is 10.0 Å². The molecule has 0 aromatic heterocycles. The lowest BCUT2D eigenvalue weighted by molar-refractivity contribution is 0.0951. The number of nitrogens with one attached hydrogen (secondary N) is 1. The molecule has 4 rings (SSSR count). The lowest BCUT2D eigenvalue weighted by Gasteiger charge is -2.22. The summed E-state index contributed by atoms with van der Waals surface area (Å²) in [6.45, 7) is 0.444. The minimum Gasteiger partial charge on any atom is -0.454 e. The maximum atomic E-state index is 13.0. The van der Waals surface area contributed by atoms with Crippen LogP contribution in [0.5, 0.6) is 11.5 Å². The van der Waals surface area contributed by atoms with E-state index in [-0.39, 0.29) is 29.7 Å². The van der Waals surface area contributed by atoms with Crippen molar-refractivity contribution >= 4 is 21.6 Å². The number of para-hydroxylation sites is 1. The third-order valence-corrected chi connectivity index (χ3v) is 6.57. The maximum absolute atomic E-state index is 13.0. The molecule has 0 saturated carbocycles. The number of amides is 1. The summed E-state index contributed by atoms with van der Waals surface area (Å²) in [5.74, 6) is 0.928. The number of fused-ring (bicyclic) bond motifs is 1. The van der Waals surface area contributed by atoms with Gasteiger partial charge in [0.05, 0.1) is 16.1 Å². The molecule has 0 radical (unpaired) electrons. The van der Waals surface area contributed by atoms with Crippen LogP contribution in [0.25, 0.3) is 0 Å². The fourth-order valence-corrected chi connectivity index (χ4v) is 4.38. The Bertz CT molecular complexity index is 1180. The van der Waals surface area contributed by atoms with Crippen LogP contribution in [0.1, 0.15) is 15.9 Å². The summed E-state index contributed by atoms with van der Waals surface area (Å²) in [6, 6.07) is 20.1. The van der Waals surface area contributed by atoms with Gasteiger partial charge in [-0.15, -0.1) is 0 Å². The van der Waals surface area contributed by atoms with Crippen molar-refractivity contribution in [1.29, 1.82) is 0 Å². The van der Waals surface area contributed by atoms with Crippen molar-refractivity contribution < 1.29 is 22.7 Å². The molecule has 0 fully saturated rings. The smallest absolute Gasteiger partial charge is 0.264 e. The van der Waals surface area contributed by atoms with E-state index >= 15 is 0 Å². The van der Waals surface area contributed by atoms with Crippen LogP contribution in [0.3, 0.4) is 0 Å². The average Bonchev–Trinajstić information content (AvgIpc) is 3.25. The van der Waals surface area contributed by atoms with Crippen molar-refractivity contribution in [3.8, 4) is 11.5 Å². The Hall–Kier alpha value is -3.52. The number of rotatable bonds is 6. The maximum Gasteiger partial charge on any atom is 0.264 e. The average molecular weight is 424 g/mol. The number of ether oxygens (including phenoxy) is 2. The Morgan fingerprint density at radius 3 is 2.47 bits per heavy atom. The molecule has 3 aromatic rings. The summed E-state index contributed by atoms with van der Waals surface area (Å²) in [6.07, 6.45) is 0. The van der Waals surface area contributed by atoms with E-state index in [0.29, 0.717) is 17.2 Å². The normalized spacial score (nSPS) is 12.4. The largest absolute Gasteiger partial charge is 0.454 e. The number of benzene rings is 3. The summed E-state index contributed by atoms with van der Waals surface area (Å²) < 4.78 is 37.7. The Kier molecular flexibility index (Phi) is 5.33. The molecule has 1 aliphatic rings. The van der Waals surface area contributed by atoms with Gasteiger partial charge in [0, 0.05) is 13.6 Å². The first-order chi connectivity index (χ1) is 14.5. The summed E-state index contributed by atoms with van der Waals surface area (Å²) in [4.78, 5) is 13.0. The first kappa shape index (κ1) is 19.8. The Morgan fingerprint density at radius 1 is 0.967 bits per heavy atom. The van der Waals surface area contributed by atoms with Gasteiger partial charge in [-0.25, -0.2) is 8.42 Å². The summed E-state index contributed by atoms with van der Waals surface area (Å²) in [5.41, 5.74) is 1.40. The highest BCUT2D eigenvalue weighted by Gasteiger charge is 2.25. The zero-order valence-electron chi connectivity index (χ0n) is 16.2. The topological polar surface area (TPSA) is 84.9 Å². The van der Waals surface area contributed by atoms with E-state index in [0.717, 1.165) is 9.87 Å². The van der Waals surface area contributed by atoms with Gasteiger partial charge in [0.25, 0.3) is 15.9 Å². The molecule has 8 heteroatoms. The molecule has 7 nitrogen and oxygen atoms in total. The molecule has 0 unspecified atom stereocenters. The van der Waals surface area contributed by atoms with Gasteiger partial charge in [0.1, 0.15) is 0 Å². The minimum atomic E-state index is -3.80. The molecule has 1 N–H and O–H groups in total. The van der Waals surface area contributed by atoms with Crippen molar-refractivity contribution in [3.05, 3.63) is 83.9 Å². The molecule has 0 spiro atoms. The molecule has 1 aliphatic heterocycles. The number of sulfonamides is 1. The first-order valence-electron chi connectivity index (χ1n) is 9.26. The number of hydrogen-bond donors (Lipinski definition) is 1. The highest BCUT2D eigenvalue weighted by atomic mass is 32.2. The van der Waals surface area contributed by atoms with E-state index in [1.165, 1.54) is 19.2 Å². The second kappa shape index (κ2) is 8.08. The molecule has 0 bridgehead atoms. The third-order valence-electron chi connectivity index (χ3n) is 4.78. The molecule has 3 aromatic carbocycles. The highest BCUT2D eigenvalue weighted by molar-refractivity contribution is 7.92. The zero-order valence-corrected chi connectivity index (χ0v) is 17.1. The third kappa shape index (κ3) is 3.81. The van der Waals surface area contributed by atoms with E-state index in [9.17, 15) is 13.2 Å². The van der Waals surface area contributed by atoms with Gasteiger partial charge < -0.3 is 14.8 Å². The zero-order chi connectivity index (χ0) is 21.1. The van der Waals surface area contributed by atoms with Crippen LogP contribution in [0.4, 0.5) is 5.69 Å². The number of hydrogen-bond acceptors (Lipinski definition) is 5. The second-order valence-electron chi connectivity index (χ2n) is 6.67. The van der Waals surface area contributed by atoms with Crippen LogP contribution in [-0.4, -0.2) is 28.2 Å². The monoisotopic (exact) mass is 424 g/mol. The van der Waals surface area contributed by atoms with Crippen LogP contribution in [0.2, 0.25) is 0 Å². The predicted octanol–water partition coefficient (Wildman–Crippen LogP) is 3.17. The number of carbonyl (C=O) groups excluding carboxylic acids is 1. The summed E-state index contributed by atoms with van der Waals surface area (Å²) in [7, 11) is -2.36. The summed E-state index contributed by atoms with van der Waals surface area (Å²) in [5, 5.41) is 2.84. The Balaban J connectivity index is 1.54. The molecule has 0 aliphatic carbocycles. The molecular weight excluding hydrogens is 404 g/mol. The number of anilines is 1. The molecule has 1 heterocycles. The van der Waals surface area contributed by atoms with E-state index in [1.54, 1.807) is 54.6 Å². The number of nitrogens with zero attached hydrogens (tertiary/aromatic N) is 1. The molecule has 30 heavy (non-hydrogen) atoms. The van der Waals surface area contributed by atoms with E-state index in [1.807, 2.05) is 6.07 Å². The van der Waals surface area contributed by atoms with Gasteiger partial charge >= 0.3 is 0 Å². The second-order valence-corrected chi connectivity index (χ2v) is 8.64. The van der Waals surface area contributed by atoms with Crippen LogP contribution < -0.4 is 19.1 Å². The lowest BCUT2D eigenvalue weighted by atomic mass is 10.1. The SMILES string of the molecule is CN(c1ccccc1C(=O)NCc1ccc2c(c1)OCO2)S(=O)(=O)c1ccccc1. The van der Waals surface area contributed by atoms with E-state index in [2.05, 4.69) is 5.32 Å². The predicted molar refractivity (Wildman–Crippen MR) is 112 cm³/mol. The van der Waals surface area contributed by atoms with Crippen molar-refractivity contribution in [2.45, 2.75) is 11.4 Å². The van der Waals surface area contributed by atoms with Gasteiger partial charge in [-0.3, -0.25) is 9.10 Å².